The third-order valence-corrected chi connectivity index (χ3v) is 3.79. The van der Waals surface area contributed by atoms with Gasteiger partial charge in [-0.25, -0.2) is 0 Å². The lowest BCUT2D eigenvalue weighted by molar-refractivity contribution is 0.315. The summed E-state index contributed by atoms with van der Waals surface area (Å²) in [4.78, 5) is 0. The minimum Gasteiger partial charge on any atom is -0.409 e. The molecule has 0 radical (unpaired) electrons. The first-order valence-corrected chi connectivity index (χ1v) is 6.46. The fraction of sp³-hybridized carbons (Fsp3) is 0.417. The van der Waals surface area contributed by atoms with Crippen LogP contribution in [0, 0.1) is 5.41 Å². The number of hydrogen-bond donors (Lipinski definition) is 3. The zero-order chi connectivity index (χ0) is 13.2. The number of benzene rings is 1. The maximum atomic E-state index is 8.60. The highest BCUT2D eigenvalue weighted by Gasteiger charge is 2.43. The third-order valence-electron chi connectivity index (χ3n) is 3.22. The molecule has 1 aliphatic carbocycles. The van der Waals surface area contributed by atoms with E-state index in [4.69, 9.17) is 34.1 Å². The largest absolute Gasteiger partial charge is 0.409 e. The number of nitrogens with one attached hydrogen (secondary N) is 1. The van der Waals surface area contributed by atoms with Gasteiger partial charge in [-0.2, -0.15) is 0 Å². The van der Waals surface area contributed by atoms with Crippen LogP contribution in [0.15, 0.2) is 23.4 Å². The normalized spacial score (nSPS) is 17.6. The Morgan fingerprint density at radius 2 is 2.17 bits per heavy atom. The molecule has 1 aromatic carbocycles. The number of halogens is 2. The second-order valence-corrected chi connectivity index (χ2v) is 5.59. The SMILES string of the molecule is NC(CC1(CNc2cc(Cl)ccc2Cl)CC1)=NO. The molecule has 4 N–H and O–H groups in total. The molecule has 98 valence electrons. The molecule has 0 heterocycles. The Morgan fingerprint density at radius 1 is 1.44 bits per heavy atom. The van der Waals surface area contributed by atoms with E-state index in [2.05, 4.69) is 10.5 Å². The molecule has 1 aromatic rings. The molecule has 0 spiro atoms. The van der Waals surface area contributed by atoms with Crippen molar-refractivity contribution >= 4 is 34.7 Å². The van der Waals surface area contributed by atoms with Crippen LogP contribution < -0.4 is 11.1 Å². The summed E-state index contributed by atoms with van der Waals surface area (Å²) in [6.45, 7) is 0.739. The molecule has 0 unspecified atom stereocenters. The molecule has 6 heteroatoms. The summed E-state index contributed by atoms with van der Waals surface area (Å²) in [5.74, 6) is 0.270. The molecular formula is C12H15Cl2N3O. The van der Waals surface area contributed by atoms with Gasteiger partial charge in [0, 0.05) is 18.0 Å². The number of oxime groups is 1. The molecule has 0 saturated heterocycles. The lowest BCUT2D eigenvalue weighted by Gasteiger charge is -2.16. The summed E-state index contributed by atoms with van der Waals surface area (Å²) in [6, 6.07) is 5.30. The molecule has 1 fully saturated rings. The van der Waals surface area contributed by atoms with Gasteiger partial charge in [0.1, 0.15) is 5.84 Å². The van der Waals surface area contributed by atoms with Crippen molar-refractivity contribution in [3.63, 3.8) is 0 Å². The predicted octanol–water partition coefficient (Wildman–Crippen LogP) is 3.32. The summed E-state index contributed by atoms with van der Waals surface area (Å²) in [5.41, 5.74) is 6.45. The van der Waals surface area contributed by atoms with Crippen molar-refractivity contribution in [2.24, 2.45) is 16.3 Å². The highest BCUT2D eigenvalue weighted by Crippen LogP contribution is 2.49. The Kier molecular flexibility index (Phi) is 3.88. The Bertz CT molecular complexity index is 472. The van der Waals surface area contributed by atoms with Gasteiger partial charge < -0.3 is 16.3 Å². The van der Waals surface area contributed by atoms with Crippen molar-refractivity contribution in [2.45, 2.75) is 19.3 Å². The Balaban J connectivity index is 1.97. The Hall–Kier alpha value is -1.13. The molecule has 4 nitrogen and oxygen atoms in total. The highest BCUT2D eigenvalue weighted by molar-refractivity contribution is 6.35. The van der Waals surface area contributed by atoms with Crippen LogP contribution in [0.5, 0.6) is 0 Å². The first-order valence-electron chi connectivity index (χ1n) is 5.70. The van der Waals surface area contributed by atoms with Crippen molar-refractivity contribution in [3.05, 3.63) is 28.2 Å². The van der Waals surface area contributed by atoms with Crippen molar-refractivity contribution in [2.75, 3.05) is 11.9 Å². The predicted molar refractivity (Wildman–Crippen MR) is 74.6 cm³/mol. The van der Waals surface area contributed by atoms with Crippen molar-refractivity contribution in [1.82, 2.24) is 0 Å². The average molecular weight is 288 g/mol. The molecule has 0 atom stereocenters. The van der Waals surface area contributed by atoms with Gasteiger partial charge in [-0.05, 0) is 36.5 Å². The number of nitrogens with two attached hydrogens (primary N) is 1. The van der Waals surface area contributed by atoms with Crippen molar-refractivity contribution in [1.29, 1.82) is 0 Å². The zero-order valence-corrected chi connectivity index (χ0v) is 11.3. The second kappa shape index (κ2) is 5.24. The quantitative estimate of drug-likeness (QED) is 0.337. The van der Waals surface area contributed by atoms with Gasteiger partial charge in [0.2, 0.25) is 0 Å². The molecule has 0 bridgehead atoms. The average Bonchev–Trinajstić information content (AvgIpc) is 3.10. The van der Waals surface area contributed by atoms with Gasteiger partial charge in [0.15, 0.2) is 0 Å². The summed E-state index contributed by atoms with van der Waals surface area (Å²) < 4.78 is 0. The van der Waals surface area contributed by atoms with E-state index in [1.807, 2.05) is 0 Å². The van der Waals surface area contributed by atoms with Crippen LogP contribution in [-0.2, 0) is 0 Å². The standard InChI is InChI=1S/C12H15Cl2N3O/c13-8-1-2-9(14)10(5-8)16-7-12(3-4-12)6-11(15)17-18/h1-2,5,16,18H,3-4,6-7H2,(H2,15,17). The number of rotatable bonds is 5. The molecule has 1 saturated carbocycles. The highest BCUT2D eigenvalue weighted by atomic mass is 35.5. The van der Waals surface area contributed by atoms with Gasteiger partial charge in [-0.15, -0.1) is 0 Å². The van der Waals surface area contributed by atoms with E-state index < -0.39 is 0 Å². The lowest BCUT2D eigenvalue weighted by atomic mass is 10.0. The Morgan fingerprint density at radius 3 is 2.78 bits per heavy atom. The van der Waals surface area contributed by atoms with Gasteiger partial charge in [-0.3, -0.25) is 0 Å². The topological polar surface area (TPSA) is 70.6 Å². The van der Waals surface area contributed by atoms with Crippen LogP contribution in [0.25, 0.3) is 0 Å². The third kappa shape index (κ3) is 3.21. The van der Waals surface area contributed by atoms with Crippen LogP contribution >= 0.6 is 23.2 Å². The summed E-state index contributed by atoms with van der Waals surface area (Å²) in [5, 5.41) is 16.2. The lowest BCUT2D eigenvalue weighted by Crippen LogP contribution is -2.23. The van der Waals surface area contributed by atoms with Gasteiger partial charge in [0.05, 0.1) is 10.7 Å². The maximum Gasteiger partial charge on any atom is 0.139 e. The summed E-state index contributed by atoms with van der Waals surface area (Å²) in [7, 11) is 0. The Labute approximate surface area is 116 Å². The number of hydrogen-bond acceptors (Lipinski definition) is 3. The van der Waals surface area contributed by atoms with Gasteiger partial charge in [0.25, 0.3) is 0 Å². The van der Waals surface area contributed by atoms with E-state index >= 15 is 0 Å². The van der Waals surface area contributed by atoms with Crippen molar-refractivity contribution < 1.29 is 5.21 Å². The van der Waals surface area contributed by atoms with E-state index in [0.29, 0.717) is 16.5 Å². The fourth-order valence-electron chi connectivity index (χ4n) is 1.93. The minimum atomic E-state index is 0.0853. The van der Waals surface area contributed by atoms with E-state index in [-0.39, 0.29) is 11.3 Å². The van der Waals surface area contributed by atoms with E-state index in [9.17, 15) is 0 Å². The molecule has 18 heavy (non-hydrogen) atoms. The van der Waals surface area contributed by atoms with Crippen LogP contribution in [0.1, 0.15) is 19.3 Å². The van der Waals surface area contributed by atoms with E-state index in [1.54, 1.807) is 18.2 Å². The van der Waals surface area contributed by atoms with Gasteiger partial charge in [-0.1, -0.05) is 28.4 Å². The first-order chi connectivity index (χ1) is 8.54. The zero-order valence-electron chi connectivity index (χ0n) is 9.79. The number of anilines is 1. The van der Waals surface area contributed by atoms with Crippen LogP contribution in [0.3, 0.4) is 0 Å². The number of amidine groups is 1. The maximum absolute atomic E-state index is 8.60. The van der Waals surface area contributed by atoms with Crippen molar-refractivity contribution in [3.8, 4) is 0 Å². The summed E-state index contributed by atoms with van der Waals surface area (Å²) >= 11 is 12.0. The molecular weight excluding hydrogens is 273 g/mol. The molecule has 0 aliphatic heterocycles. The molecule has 2 rings (SSSR count). The molecule has 0 amide bonds. The molecule has 1 aliphatic rings. The fourth-order valence-corrected chi connectivity index (χ4v) is 2.28. The smallest absolute Gasteiger partial charge is 0.139 e. The minimum absolute atomic E-state index is 0.0853. The van der Waals surface area contributed by atoms with Gasteiger partial charge >= 0.3 is 0 Å². The summed E-state index contributed by atoms with van der Waals surface area (Å²) in [6.07, 6.45) is 2.72. The first kappa shape index (κ1) is 13.3. The van der Waals surface area contributed by atoms with Crippen LogP contribution in [0.4, 0.5) is 5.69 Å². The van der Waals surface area contributed by atoms with Crippen LogP contribution in [0.2, 0.25) is 10.0 Å². The molecule has 0 aromatic heterocycles. The monoisotopic (exact) mass is 287 g/mol. The second-order valence-electron chi connectivity index (χ2n) is 4.75. The van der Waals surface area contributed by atoms with E-state index in [0.717, 1.165) is 25.1 Å². The van der Waals surface area contributed by atoms with Crippen LogP contribution in [-0.4, -0.2) is 17.6 Å². The number of nitrogens with zero attached hydrogens (tertiary/aromatic N) is 1. The van der Waals surface area contributed by atoms with E-state index in [1.165, 1.54) is 0 Å².